The number of fused-ring (bicyclic) bond motifs is 3. The van der Waals surface area contributed by atoms with E-state index in [9.17, 15) is 9.59 Å². The minimum Gasteiger partial charge on any atom is -0.465 e. The Labute approximate surface area is 284 Å². The topological polar surface area (TPSA) is 115 Å². The van der Waals surface area contributed by atoms with Gasteiger partial charge in [0.15, 0.2) is 12.6 Å². The molecule has 254 valence electrons. The molecular formula is C39H38O10. The fourth-order valence-electron chi connectivity index (χ4n) is 5.76. The Kier molecular flexibility index (Phi) is 9.13. The van der Waals surface area contributed by atoms with Gasteiger partial charge in [-0.1, -0.05) is 26.0 Å². The molecule has 7 rings (SSSR count). The van der Waals surface area contributed by atoms with E-state index in [0.29, 0.717) is 47.3 Å². The van der Waals surface area contributed by atoms with Gasteiger partial charge in [0.2, 0.25) is 0 Å². The maximum absolute atomic E-state index is 13.0. The minimum absolute atomic E-state index is 0.156. The smallest absolute Gasteiger partial charge is 0.343 e. The zero-order valence-corrected chi connectivity index (χ0v) is 27.8. The van der Waals surface area contributed by atoms with Crippen LogP contribution in [-0.4, -0.2) is 63.2 Å². The molecule has 10 heteroatoms. The number of esters is 2. The van der Waals surface area contributed by atoms with E-state index in [4.69, 9.17) is 37.9 Å². The monoisotopic (exact) mass is 666 g/mol. The summed E-state index contributed by atoms with van der Waals surface area (Å²) < 4.78 is 44.6. The van der Waals surface area contributed by atoms with Crippen LogP contribution in [0.3, 0.4) is 0 Å². The number of hydrogen-bond donors (Lipinski definition) is 0. The molecule has 4 atom stereocenters. The van der Waals surface area contributed by atoms with Crippen molar-refractivity contribution < 1.29 is 47.5 Å². The second-order valence-corrected chi connectivity index (χ2v) is 12.8. The second kappa shape index (κ2) is 13.6. The highest BCUT2D eigenvalue weighted by molar-refractivity contribution is 5.92. The van der Waals surface area contributed by atoms with Gasteiger partial charge in [-0.15, -0.1) is 0 Å². The number of benzene rings is 4. The molecule has 0 saturated carbocycles. The molecule has 0 N–H and O–H groups in total. The van der Waals surface area contributed by atoms with Gasteiger partial charge in [0.05, 0.1) is 37.6 Å². The molecule has 3 aliphatic rings. The highest BCUT2D eigenvalue weighted by Gasteiger charge is 2.36. The van der Waals surface area contributed by atoms with Crippen molar-refractivity contribution in [1.29, 1.82) is 0 Å². The Balaban J connectivity index is 0.968. The predicted molar refractivity (Wildman–Crippen MR) is 178 cm³/mol. The molecule has 2 saturated heterocycles. The first kappa shape index (κ1) is 32.8. The van der Waals surface area contributed by atoms with Gasteiger partial charge in [-0.05, 0) is 109 Å². The molecule has 49 heavy (non-hydrogen) atoms. The third-order valence-electron chi connectivity index (χ3n) is 8.66. The molecule has 0 aromatic heterocycles. The van der Waals surface area contributed by atoms with E-state index in [1.54, 1.807) is 60.7 Å². The van der Waals surface area contributed by atoms with Crippen molar-refractivity contribution in [2.45, 2.75) is 57.9 Å². The van der Waals surface area contributed by atoms with Crippen molar-refractivity contribution in [3.8, 4) is 34.1 Å². The Bertz CT molecular complexity index is 1690. The number of ether oxygens (including phenoxy) is 8. The van der Waals surface area contributed by atoms with Gasteiger partial charge in [-0.25, -0.2) is 9.59 Å². The zero-order valence-electron chi connectivity index (χ0n) is 27.8. The minimum atomic E-state index is -0.477. The molecule has 0 amide bonds. The summed E-state index contributed by atoms with van der Waals surface area (Å²) in [5, 5.41) is 0. The molecule has 4 aromatic carbocycles. The van der Waals surface area contributed by atoms with E-state index in [1.807, 2.05) is 38.1 Å². The molecule has 0 bridgehead atoms. The van der Waals surface area contributed by atoms with Gasteiger partial charge in [0.1, 0.15) is 35.2 Å². The molecular weight excluding hydrogens is 628 g/mol. The quantitative estimate of drug-likeness (QED) is 0.0623. The van der Waals surface area contributed by atoms with Crippen molar-refractivity contribution in [3.05, 3.63) is 107 Å². The third-order valence-corrected chi connectivity index (χ3v) is 8.66. The fourth-order valence-corrected chi connectivity index (χ4v) is 5.76. The molecule has 0 spiro atoms. The van der Waals surface area contributed by atoms with Crippen molar-refractivity contribution in [3.63, 3.8) is 0 Å². The number of carbonyl (C=O) groups is 2. The van der Waals surface area contributed by atoms with Crippen LogP contribution in [0.4, 0.5) is 0 Å². The van der Waals surface area contributed by atoms with Gasteiger partial charge in [-0.2, -0.15) is 0 Å². The first-order chi connectivity index (χ1) is 23.6. The highest BCUT2D eigenvalue weighted by atomic mass is 16.7. The van der Waals surface area contributed by atoms with Gasteiger partial charge in [0, 0.05) is 5.41 Å². The number of rotatable bonds is 14. The number of carbonyl (C=O) groups excluding carboxylic acids is 2. The molecule has 4 unspecified atom stereocenters. The summed E-state index contributed by atoms with van der Waals surface area (Å²) >= 11 is 0. The van der Waals surface area contributed by atoms with Crippen LogP contribution >= 0.6 is 0 Å². The summed E-state index contributed by atoms with van der Waals surface area (Å²) in [5.41, 5.74) is 4.42. The average Bonchev–Trinajstić information content (AvgIpc) is 4.03. The summed E-state index contributed by atoms with van der Waals surface area (Å²) in [5.74, 6) is 1.09. The molecule has 0 radical (unpaired) electrons. The summed E-state index contributed by atoms with van der Waals surface area (Å²) in [7, 11) is 0. The lowest BCUT2D eigenvalue weighted by Gasteiger charge is -2.22. The SMILES string of the molecule is CC(OCC1CO1)Oc1ccc(C(=O)Oc2ccc3c(c2)C(C)(C)c2cc(OC(=O)c4ccc(OC(C)OCC5CO5)cc4)ccc2-3)cc1. The Morgan fingerprint density at radius 3 is 1.37 bits per heavy atom. The van der Waals surface area contributed by atoms with Crippen LogP contribution in [0, 0.1) is 0 Å². The van der Waals surface area contributed by atoms with Gasteiger partial charge in [0.25, 0.3) is 0 Å². The van der Waals surface area contributed by atoms with E-state index in [1.165, 1.54) is 0 Å². The molecule has 4 aromatic rings. The predicted octanol–water partition coefficient (Wildman–Crippen LogP) is 6.71. The largest absolute Gasteiger partial charge is 0.465 e. The summed E-state index contributed by atoms with van der Waals surface area (Å²) in [4.78, 5) is 26.1. The molecule has 2 fully saturated rings. The normalized spacial score (nSPS) is 19.2. The Morgan fingerprint density at radius 1 is 0.633 bits per heavy atom. The van der Waals surface area contributed by atoms with E-state index < -0.39 is 29.9 Å². The van der Waals surface area contributed by atoms with Gasteiger partial charge in [-0.3, -0.25) is 0 Å². The standard InChI is InChI=1S/C39H38O10/c1-23(42-19-31-21-44-31)46-27-9-5-25(6-10-27)37(40)48-29-13-15-33-34-16-14-30(18-36(34)39(3,4)35(33)17-29)49-38(41)26-7-11-28(12-8-26)47-24(2)43-20-32-22-45-32/h5-18,23-24,31-32H,19-22H2,1-4H3. The zero-order chi connectivity index (χ0) is 34.1. The van der Waals surface area contributed by atoms with Crippen LogP contribution in [-0.2, 0) is 24.4 Å². The summed E-state index contributed by atoms with van der Waals surface area (Å²) in [6.07, 6.45) is -0.567. The lowest BCUT2D eigenvalue weighted by atomic mass is 9.82. The van der Waals surface area contributed by atoms with Crippen LogP contribution in [0.25, 0.3) is 11.1 Å². The number of hydrogen-bond acceptors (Lipinski definition) is 10. The van der Waals surface area contributed by atoms with Crippen LogP contribution in [0.15, 0.2) is 84.9 Å². The average molecular weight is 667 g/mol. The maximum atomic E-state index is 13.0. The summed E-state index contributed by atoms with van der Waals surface area (Å²) in [6, 6.07) is 24.8. The maximum Gasteiger partial charge on any atom is 0.343 e. The van der Waals surface area contributed by atoms with Gasteiger partial charge >= 0.3 is 11.9 Å². The molecule has 1 aliphatic carbocycles. The number of epoxide rings is 2. The van der Waals surface area contributed by atoms with E-state index >= 15 is 0 Å². The Morgan fingerprint density at radius 2 is 1.00 bits per heavy atom. The van der Waals surface area contributed by atoms with Crippen LogP contribution in [0.2, 0.25) is 0 Å². The first-order valence-corrected chi connectivity index (χ1v) is 16.4. The molecule has 10 nitrogen and oxygen atoms in total. The van der Waals surface area contributed by atoms with Gasteiger partial charge < -0.3 is 37.9 Å². The fraction of sp³-hybridized carbons (Fsp3) is 0.333. The molecule has 2 heterocycles. The highest BCUT2D eigenvalue weighted by Crippen LogP contribution is 2.50. The van der Waals surface area contributed by atoms with Crippen molar-refractivity contribution in [2.24, 2.45) is 0 Å². The van der Waals surface area contributed by atoms with Crippen LogP contribution in [0.5, 0.6) is 23.0 Å². The van der Waals surface area contributed by atoms with E-state index in [2.05, 4.69) is 13.8 Å². The van der Waals surface area contributed by atoms with Crippen LogP contribution in [0.1, 0.15) is 59.5 Å². The molecule has 2 aliphatic heterocycles. The lowest BCUT2D eigenvalue weighted by molar-refractivity contribution is -0.0711. The summed E-state index contributed by atoms with van der Waals surface area (Å²) in [6.45, 7) is 10.2. The van der Waals surface area contributed by atoms with E-state index in [-0.39, 0.29) is 12.2 Å². The van der Waals surface area contributed by atoms with Crippen molar-refractivity contribution in [1.82, 2.24) is 0 Å². The third kappa shape index (κ3) is 7.79. The van der Waals surface area contributed by atoms with Crippen molar-refractivity contribution in [2.75, 3.05) is 26.4 Å². The Hall–Kier alpha value is -4.74. The van der Waals surface area contributed by atoms with E-state index in [0.717, 1.165) is 35.5 Å². The second-order valence-electron chi connectivity index (χ2n) is 12.8. The lowest BCUT2D eigenvalue weighted by Crippen LogP contribution is -2.19. The van der Waals surface area contributed by atoms with Crippen molar-refractivity contribution >= 4 is 11.9 Å². The van der Waals surface area contributed by atoms with Crippen LogP contribution < -0.4 is 18.9 Å². The first-order valence-electron chi connectivity index (χ1n) is 16.4.